The number of rotatable bonds is 3. The Kier molecular flexibility index (Phi) is 4.31. The van der Waals surface area contributed by atoms with E-state index < -0.39 is 0 Å². The monoisotopic (exact) mass is 205 g/mol. The molecule has 0 radical (unpaired) electrons. The second-order valence-corrected chi connectivity index (χ2v) is 4.98. The lowest BCUT2D eigenvalue weighted by Gasteiger charge is -2.32. The number of allylic oxidation sites excluding steroid dienone is 4. The lowest BCUT2D eigenvalue weighted by Crippen LogP contribution is -2.30. The molecule has 0 fully saturated rings. The molecule has 1 aliphatic carbocycles. The van der Waals surface area contributed by atoms with Gasteiger partial charge < -0.3 is 0 Å². The fourth-order valence-electron chi connectivity index (χ4n) is 2.03. The quantitative estimate of drug-likeness (QED) is 0.484. The molecule has 15 heavy (non-hydrogen) atoms. The molecule has 1 aliphatic rings. The van der Waals surface area contributed by atoms with Crippen LogP contribution in [0.1, 0.15) is 47.0 Å². The van der Waals surface area contributed by atoms with Crippen LogP contribution in [0.3, 0.4) is 0 Å². The van der Waals surface area contributed by atoms with Crippen molar-refractivity contribution in [3.05, 3.63) is 23.8 Å². The molecule has 0 aromatic heterocycles. The summed E-state index contributed by atoms with van der Waals surface area (Å²) in [6, 6.07) is 0. The lowest BCUT2D eigenvalue weighted by molar-refractivity contribution is 0.298. The largest absolute Gasteiger partial charge is 0.287 e. The highest BCUT2D eigenvalue weighted by molar-refractivity contribution is 5.71. The van der Waals surface area contributed by atoms with Crippen molar-refractivity contribution in [1.29, 1.82) is 0 Å². The van der Waals surface area contributed by atoms with Gasteiger partial charge in [-0.3, -0.25) is 4.99 Å². The Labute approximate surface area is 94.0 Å². The van der Waals surface area contributed by atoms with Crippen molar-refractivity contribution in [2.24, 2.45) is 10.9 Å². The first kappa shape index (κ1) is 12.2. The number of hydrogen-bond donors (Lipinski definition) is 0. The van der Waals surface area contributed by atoms with E-state index in [4.69, 9.17) is 0 Å². The smallest absolute Gasteiger partial charge is 0.0583 e. The van der Waals surface area contributed by atoms with Crippen LogP contribution in [0.5, 0.6) is 0 Å². The molecule has 0 aromatic rings. The molecule has 0 spiro atoms. The fraction of sp³-hybridized carbons (Fsp3) is 0.643. The SMILES string of the molecule is C/C=C/C=NC(C)(C)C1CC=C(C)CC1. The summed E-state index contributed by atoms with van der Waals surface area (Å²) in [6.45, 7) is 8.73. The molecule has 1 heteroatoms. The van der Waals surface area contributed by atoms with Crippen molar-refractivity contribution >= 4 is 6.21 Å². The molecular weight excluding hydrogens is 182 g/mol. The summed E-state index contributed by atoms with van der Waals surface area (Å²) < 4.78 is 0. The first-order chi connectivity index (χ1) is 7.06. The topological polar surface area (TPSA) is 12.4 Å². The second-order valence-electron chi connectivity index (χ2n) is 4.98. The highest BCUT2D eigenvalue weighted by atomic mass is 14.8. The van der Waals surface area contributed by atoms with Crippen LogP contribution in [0.4, 0.5) is 0 Å². The second kappa shape index (κ2) is 5.29. The van der Waals surface area contributed by atoms with Crippen molar-refractivity contribution in [3.63, 3.8) is 0 Å². The molecule has 84 valence electrons. The molecule has 0 heterocycles. The summed E-state index contributed by atoms with van der Waals surface area (Å²) in [6.07, 6.45) is 12.0. The van der Waals surface area contributed by atoms with Crippen molar-refractivity contribution in [1.82, 2.24) is 0 Å². The van der Waals surface area contributed by atoms with Gasteiger partial charge in [0, 0.05) is 6.21 Å². The Morgan fingerprint density at radius 1 is 1.47 bits per heavy atom. The van der Waals surface area contributed by atoms with Crippen molar-refractivity contribution in [3.8, 4) is 0 Å². The van der Waals surface area contributed by atoms with Crippen molar-refractivity contribution < 1.29 is 0 Å². The van der Waals surface area contributed by atoms with Gasteiger partial charge in [-0.05, 0) is 59.0 Å². The summed E-state index contributed by atoms with van der Waals surface area (Å²) in [5, 5.41) is 0. The van der Waals surface area contributed by atoms with E-state index in [0.29, 0.717) is 5.92 Å². The Morgan fingerprint density at radius 2 is 2.20 bits per heavy atom. The van der Waals surface area contributed by atoms with Gasteiger partial charge in [0.25, 0.3) is 0 Å². The first-order valence-electron chi connectivity index (χ1n) is 5.88. The van der Waals surface area contributed by atoms with Crippen LogP contribution in [0.15, 0.2) is 28.8 Å². The van der Waals surface area contributed by atoms with Gasteiger partial charge >= 0.3 is 0 Å². The van der Waals surface area contributed by atoms with Gasteiger partial charge in [0.15, 0.2) is 0 Å². The molecule has 0 saturated carbocycles. The third-order valence-electron chi connectivity index (χ3n) is 3.32. The molecular formula is C14H23N. The zero-order chi connectivity index (χ0) is 11.3. The van der Waals surface area contributed by atoms with Gasteiger partial charge in [-0.2, -0.15) is 0 Å². The molecule has 0 N–H and O–H groups in total. The number of nitrogens with zero attached hydrogens (tertiary/aromatic N) is 1. The molecule has 1 atom stereocenters. The van der Waals surface area contributed by atoms with E-state index in [1.807, 2.05) is 25.3 Å². The average molecular weight is 205 g/mol. The van der Waals surface area contributed by atoms with Gasteiger partial charge in [0.2, 0.25) is 0 Å². The molecule has 1 rings (SSSR count). The third-order valence-corrected chi connectivity index (χ3v) is 3.32. The maximum absolute atomic E-state index is 4.65. The van der Waals surface area contributed by atoms with E-state index in [9.17, 15) is 0 Å². The maximum atomic E-state index is 4.65. The standard InChI is InChI=1S/C14H23N/c1-5-6-11-15-14(3,4)13-9-7-12(2)8-10-13/h5-7,11,13H,8-10H2,1-4H3/b6-5+,15-11?. The predicted molar refractivity (Wildman–Crippen MR) is 68.5 cm³/mol. The Balaban J connectivity index is 2.62. The van der Waals surface area contributed by atoms with Crippen molar-refractivity contribution in [2.45, 2.75) is 52.5 Å². The molecule has 0 bridgehead atoms. The van der Waals surface area contributed by atoms with Gasteiger partial charge in [-0.25, -0.2) is 0 Å². The van der Waals surface area contributed by atoms with Crippen LogP contribution in [-0.4, -0.2) is 11.8 Å². The maximum Gasteiger partial charge on any atom is 0.0583 e. The van der Waals surface area contributed by atoms with Crippen LogP contribution in [0.2, 0.25) is 0 Å². The van der Waals surface area contributed by atoms with Crippen LogP contribution in [-0.2, 0) is 0 Å². The molecule has 0 saturated heterocycles. The van der Waals surface area contributed by atoms with E-state index in [0.717, 1.165) is 0 Å². The van der Waals surface area contributed by atoms with Gasteiger partial charge in [-0.15, -0.1) is 0 Å². The van der Waals surface area contributed by atoms with E-state index >= 15 is 0 Å². The summed E-state index contributed by atoms with van der Waals surface area (Å²) in [7, 11) is 0. The van der Waals surface area contributed by atoms with E-state index in [-0.39, 0.29) is 5.54 Å². The summed E-state index contributed by atoms with van der Waals surface area (Å²) in [4.78, 5) is 4.65. The highest BCUT2D eigenvalue weighted by Gasteiger charge is 2.28. The molecule has 1 nitrogen and oxygen atoms in total. The zero-order valence-corrected chi connectivity index (χ0v) is 10.5. The molecule has 0 aromatic carbocycles. The van der Waals surface area contributed by atoms with E-state index in [1.165, 1.54) is 19.3 Å². The van der Waals surface area contributed by atoms with E-state index in [2.05, 4.69) is 31.8 Å². The van der Waals surface area contributed by atoms with Crippen molar-refractivity contribution in [2.75, 3.05) is 0 Å². The lowest BCUT2D eigenvalue weighted by atomic mass is 9.78. The Bertz CT molecular complexity index is 282. The Morgan fingerprint density at radius 3 is 2.73 bits per heavy atom. The minimum atomic E-state index is 0.0801. The van der Waals surface area contributed by atoms with Gasteiger partial charge in [-0.1, -0.05) is 17.7 Å². The number of hydrogen-bond acceptors (Lipinski definition) is 1. The third kappa shape index (κ3) is 3.65. The highest BCUT2D eigenvalue weighted by Crippen LogP contribution is 2.33. The summed E-state index contributed by atoms with van der Waals surface area (Å²) in [5.74, 6) is 0.697. The predicted octanol–water partition coefficient (Wildman–Crippen LogP) is 4.16. The van der Waals surface area contributed by atoms with E-state index in [1.54, 1.807) is 5.57 Å². The van der Waals surface area contributed by atoms with Crippen LogP contribution in [0.25, 0.3) is 0 Å². The minimum Gasteiger partial charge on any atom is -0.287 e. The Hall–Kier alpha value is -0.850. The van der Waals surface area contributed by atoms with Gasteiger partial charge in [0.05, 0.1) is 5.54 Å². The average Bonchev–Trinajstić information content (AvgIpc) is 2.18. The summed E-state index contributed by atoms with van der Waals surface area (Å²) in [5.41, 5.74) is 1.62. The van der Waals surface area contributed by atoms with Gasteiger partial charge in [0.1, 0.15) is 0 Å². The summed E-state index contributed by atoms with van der Waals surface area (Å²) >= 11 is 0. The first-order valence-corrected chi connectivity index (χ1v) is 5.88. The molecule has 1 unspecified atom stereocenters. The zero-order valence-electron chi connectivity index (χ0n) is 10.5. The van der Waals surface area contributed by atoms with Crippen LogP contribution >= 0.6 is 0 Å². The number of aliphatic imine (C=N–C) groups is 1. The van der Waals surface area contributed by atoms with Crippen LogP contribution < -0.4 is 0 Å². The fourth-order valence-corrected chi connectivity index (χ4v) is 2.03. The van der Waals surface area contributed by atoms with Crippen LogP contribution in [0, 0.1) is 5.92 Å². The molecule has 0 amide bonds. The minimum absolute atomic E-state index is 0.0801. The normalized spacial score (nSPS) is 23.7. The molecule has 0 aliphatic heterocycles.